The average molecular weight is 264 g/mol. The monoisotopic (exact) mass is 264 g/mol. The third-order valence-corrected chi connectivity index (χ3v) is 3.56. The summed E-state index contributed by atoms with van der Waals surface area (Å²) in [5, 5.41) is 0. The molecule has 1 heterocycles. The molecule has 1 fully saturated rings. The Morgan fingerprint density at radius 2 is 2.16 bits per heavy atom. The van der Waals surface area contributed by atoms with Crippen molar-refractivity contribution < 1.29 is 4.74 Å². The Labute approximate surface area is 114 Å². The maximum absolute atomic E-state index is 6.01. The molecule has 0 amide bonds. The number of nitrogen functional groups attached to an aromatic ring is 1. The van der Waals surface area contributed by atoms with Crippen LogP contribution in [0.3, 0.4) is 0 Å². The molecule has 1 aliphatic rings. The van der Waals surface area contributed by atoms with E-state index < -0.39 is 0 Å². The molecule has 1 aromatic heterocycles. The summed E-state index contributed by atoms with van der Waals surface area (Å²) in [6.07, 6.45) is 5.01. The number of ether oxygens (including phenoxy) is 1. The molecule has 1 aromatic rings. The molecule has 1 aliphatic carbocycles. The number of hydrazine groups is 1. The van der Waals surface area contributed by atoms with Crippen molar-refractivity contribution in [3.63, 3.8) is 0 Å². The van der Waals surface area contributed by atoms with Gasteiger partial charge in [-0.3, -0.25) is 0 Å². The summed E-state index contributed by atoms with van der Waals surface area (Å²) in [4.78, 5) is 8.80. The zero-order valence-corrected chi connectivity index (χ0v) is 12.0. The van der Waals surface area contributed by atoms with Crippen molar-refractivity contribution >= 4 is 5.82 Å². The van der Waals surface area contributed by atoms with Gasteiger partial charge in [-0.15, -0.1) is 0 Å². The molecule has 0 bridgehead atoms. The minimum atomic E-state index is 0.251. The third-order valence-electron chi connectivity index (χ3n) is 3.56. The number of nitrogens with one attached hydrogen (secondary N) is 1. The van der Waals surface area contributed by atoms with Gasteiger partial charge in [0.1, 0.15) is 17.7 Å². The van der Waals surface area contributed by atoms with E-state index in [0.29, 0.717) is 11.7 Å². The summed E-state index contributed by atoms with van der Waals surface area (Å²) in [5.74, 6) is 8.43. The Morgan fingerprint density at radius 1 is 1.37 bits per heavy atom. The van der Waals surface area contributed by atoms with Gasteiger partial charge in [0.05, 0.1) is 0 Å². The second-order valence-electron chi connectivity index (χ2n) is 5.76. The van der Waals surface area contributed by atoms with Gasteiger partial charge in [-0.05, 0) is 25.2 Å². The fourth-order valence-corrected chi connectivity index (χ4v) is 2.49. The molecule has 0 aliphatic heterocycles. The molecule has 0 saturated heterocycles. The molecule has 2 unspecified atom stereocenters. The SMILES string of the molecule is CC1CCCC(Oc2cc(NN)nc(C(C)C)n2)C1. The van der Waals surface area contributed by atoms with E-state index >= 15 is 0 Å². The average Bonchev–Trinajstić information content (AvgIpc) is 2.38. The topological polar surface area (TPSA) is 73.1 Å². The molecule has 1 saturated carbocycles. The van der Waals surface area contributed by atoms with Gasteiger partial charge in [0, 0.05) is 12.0 Å². The van der Waals surface area contributed by atoms with Crippen LogP contribution in [0.15, 0.2) is 6.07 Å². The maximum atomic E-state index is 6.01. The number of rotatable bonds is 4. The van der Waals surface area contributed by atoms with E-state index in [1.165, 1.54) is 12.8 Å². The number of anilines is 1. The minimum absolute atomic E-state index is 0.251. The van der Waals surface area contributed by atoms with Crippen molar-refractivity contribution in [2.24, 2.45) is 11.8 Å². The van der Waals surface area contributed by atoms with Crippen molar-refractivity contribution in [1.29, 1.82) is 0 Å². The van der Waals surface area contributed by atoms with Crippen LogP contribution in [-0.4, -0.2) is 16.1 Å². The molecule has 5 nitrogen and oxygen atoms in total. The number of nitrogens with zero attached hydrogens (tertiary/aromatic N) is 2. The van der Waals surface area contributed by atoms with Crippen LogP contribution in [0.4, 0.5) is 5.82 Å². The highest BCUT2D eigenvalue weighted by Gasteiger charge is 2.21. The lowest BCUT2D eigenvalue weighted by Gasteiger charge is -2.27. The van der Waals surface area contributed by atoms with Crippen LogP contribution < -0.4 is 16.0 Å². The van der Waals surface area contributed by atoms with Crippen molar-refractivity contribution in [1.82, 2.24) is 9.97 Å². The first-order valence-corrected chi connectivity index (χ1v) is 7.10. The highest BCUT2D eigenvalue weighted by molar-refractivity contribution is 5.37. The van der Waals surface area contributed by atoms with E-state index in [1.54, 1.807) is 6.07 Å². The summed E-state index contributed by atoms with van der Waals surface area (Å²) in [6.45, 7) is 6.39. The Hall–Kier alpha value is -1.36. The number of aromatic nitrogens is 2. The third kappa shape index (κ3) is 3.80. The van der Waals surface area contributed by atoms with Crippen LogP contribution in [0.1, 0.15) is 58.2 Å². The first kappa shape index (κ1) is 14.1. The molecule has 0 aromatic carbocycles. The molecule has 0 spiro atoms. The van der Waals surface area contributed by atoms with Gasteiger partial charge >= 0.3 is 0 Å². The van der Waals surface area contributed by atoms with Gasteiger partial charge in [0.15, 0.2) is 0 Å². The predicted octanol–water partition coefficient (Wildman–Crippen LogP) is 2.84. The van der Waals surface area contributed by atoms with E-state index in [0.717, 1.165) is 24.6 Å². The number of hydrogen-bond donors (Lipinski definition) is 2. The van der Waals surface area contributed by atoms with Crippen LogP contribution in [0, 0.1) is 5.92 Å². The summed E-state index contributed by atoms with van der Waals surface area (Å²) < 4.78 is 6.01. The van der Waals surface area contributed by atoms with Gasteiger partial charge in [0.25, 0.3) is 0 Å². The number of nitrogens with two attached hydrogens (primary N) is 1. The first-order valence-electron chi connectivity index (χ1n) is 7.10. The second-order valence-corrected chi connectivity index (χ2v) is 5.76. The van der Waals surface area contributed by atoms with Gasteiger partial charge in [0.2, 0.25) is 5.88 Å². The van der Waals surface area contributed by atoms with Gasteiger partial charge in [-0.1, -0.05) is 27.2 Å². The summed E-state index contributed by atoms with van der Waals surface area (Å²) in [5.41, 5.74) is 2.58. The Balaban J connectivity index is 2.12. The lowest BCUT2D eigenvalue weighted by molar-refractivity contribution is 0.123. The maximum Gasteiger partial charge on any atom is 0.219 e. The van der Waals surface area contributed by atoms with Crippen molar-refractivity contribution in [3.05, 3.63) is 11.9 Å². The molecule has 0 radical (unpaired) electrons. The van der Waals surface area contributed by atoms with E-state index in [1.807, 2.05) is 0 Å². The first-order chi connectivity index (χ1) is 9.08. The Kier molecular flexibility index (Phi) is 4.58. The fraction of sp³-hybridized carbons (Fsp3) is 0.714. The largest absolute Gasteiger partial charge is 0.474 e. The molecule has 5 heteroatoms. The predicted molar refractivity (Wildman–Crippen MR) is 76.0 cm³/mol. The summed E-state index contributed by atoms with van der Waals surface area (Å²) in [6, 6.07) is 1.77. The van der Waals surface area contributed by atoms with Crippen molar-refractivity contribution in [2.45, 2.75) is 58.5 Å². The smallest absolute Gasteiger partial charge is 0.219 e. The van der Waals surface area contributed by atoms with Crippen molar-refractivity contribution in [3.8, 4) is 5.88 Å². The summed E-state index contributed by atoms with van der Waals surface area (Å²) >= 11 is 0. The molecule has 3 N–H and O–H groups in total. The van der Waals surface area contributed by atoms with E-state index in [9.17, 15) is 0 Å². The molecule has 19 heavy (non-hydrogen) atoms. The number of hydrogen-bond acceptors (Lipinski definition) is 5. The highest BCUT2D eigenvalue weighted by atomic mass is 16.5. The second kappa shape index (κ2) is 6.19. The fourth-order valence-electron chi connectivity index (χ4n) is 2.49. The Morgan fingerprint density at radius 3 is 2.79 bits per heavy atom. The zero-order valence-electron chi connectivity index (χ0n) is 12.0. The normalized spacial score (nSPS) is 23.4. The van der Waals surface area contributed by atoms with Crippen LogP contribution in [0.5, 0.6) is 5.88 Å². The van der Waals surface area contributed by atoms with E-state index in [-0.39, 0.29) is 12.0 Å². The van der Waals surface area contributed by atoms with Crippen LogP contribution >= 0.6 is 0 Å². The van der Waals surface area contributed by atoms with Gasteiger partial charge < -0.3 is 10.2 Å². The standard InChI is InChI=1S/C14H24N4O/c1-9(2)14-16-12(18-15)8-13(17-14)19-11-6-4-5-10(3)7-11/h8-11H,4-7,15H2,1-3H3,(H,16,17,18). The van der Waals surface area contributed by atoms with E-state index in [4.69, 9.17) is 10.6 Å². The quantitative estimate of drug-likeness (QED) is 0.646. The molecule has 2 atom stereocenters. The van der Waals surface area contributed by atoms with E-state index in [2.05, 4.69) is 36.2 Å². The lowest BCUT2D eigenvalue weighted by Crippen LogP contribution is -2.25. The van der Waals surface area contributed by atoms with Crippen LogP contribution in [0.2, 0.25) is 0 Å². The zero-order chi connectivity index (χ0) is 13.8. The summed E-state index contributed by atoms with van der Waals surface area (Å²) in [7, 11) is 0. The molecule has 106 valence electrons. The van der Waals surface area contributed by atoms with Crippen LogP contribution in [-0.2, 0) is 0 Å². The van der Waals surface area contributed by atoms with Crippen molar-refractivity contribution in [2.75, 3.05) is 5.43 Å². The Bertz CT molecular complexity index is 422. The molecular weight excluding hydrogens is 240 g/mol. The minimum Gasteiger partial charge on any atom is -0.474 e. The van der Waals surface area contributed by atoms with Gasteiger partial charge in [-0.25, -0.2) is 10.8 Å². The van der Waals surface area contributed by atoms with Crippen LogP contribution in [0.25, 0.3) is 0 Å². The lowest BCUT2D eigenvalue weighted by atomic mass is 9.89. The van der Waals surface area contributed by atoms with Gasteiger partial charge in [-0.2, -0.15) is 4.98 Å². The molecule has 2 rings (SSSR count). The molecular formula is C14H24N4O. The highest BCUT2D eigenvalue weighted by Crippen LogP contribution is 2.27.